The maximum absolute atomic E-state index is 13.3. The highest BCUT2D eigenvalue weighted by atomic mass is 19.4. The molecule has 3 aliphatic rings. The number of alkyl halides is 3. The number of aromatic nitrogens is 3. The van der Waals surface area contributed by atoms with Crippen molar-refractivity contribution in [2.24, 2.45) is 0 Å². The molecule has 0 aromatic carbocycles. The number of pyridine rings is 1. The number of urea groups is 1. The van der Waals surface area contributed by atoms with Gasteiger partial charge in [-0.3, -0.25) is 15.0 Å². The lowest BCUT2D eigenvalue weighted by molar-refractivity contribution is -0.149. The lowest BCUT2D eigenvalue weighted by Gasteiger charge is -2.35. The highest BCUT2D eigenvalue weighted by Crippen LogP contribution is 2.39. The van der Waals surface area contributed by atoms with Crippen LogP contribution in [-0.2, 0) is 9.47 Å². The molecule has 3 aliphatic heterocycles. The van der Waals surface area contributed by atoms with Crippen molar-refractivity contribution in [1.82, 2.24) is 20.5 Å². The first-order chi connectivity index (χ1) is 18.4. The van der Waals surface area contributed by atoms with Gasteiger partial charge in [0.1, 0.15) is 24.4 Å². The molecule has 0 radical (unpaired) electrons. The molecule has 0 spiro atoms. The molecule has 1 unspecified atom stereocenters. The number of carbonyl (C=O) groups excluding carboxylic acids is 2. The summed E-state index contributed by atoms with van der Waals surface area (Å²) >= 11 is 0. The van der Waals surface area contributed by atoms with Gasteiger partial charge in [0.2, 0.25) is 5.88 Å². The molecule has 210 valence electrons. The van der Waals surface area contributed by atoms with E-state index in [1.54, 1.807) is 12.1 Å². The van der Waals surface area contributed by atoms with E-state index in [2.05, 4.69) is 20.5 Å². The normalized spacial score (nSPS) is 22.3. The number of nitrogens with zero attached hydrogens (tertiary/aromatic N) is 5. The Hall–Kier alpha value is -3.72. The minimum atomic E-state index is -4.60. The Bertz CT molecular complexity index is 1240. The molecule has 2 fully saturated rings. The van der Waals surface area contributed by atoms with Gasteiger partial charge < -0.3 is 24.4 Å². The molecule has 3 atom stereocenters. The third-order valence-corrected chi connectivity index (χ3v) is 6.60. The van der Waals surface area contributed by atoms with E-state index in [0.717, 1.165) is 6.92 Å². The highest BCUT2D eigenvalue weighted by molar-refractivity contribution is 6.05. The number of fused-ring (bicyclic) bond motifs is 4. The minimum Gasteiger partial charge on any atom is -0.474 e. The molecule has 3 amide bonds. The number of hydrogen-bond donors (Lipinski definition) is 2. The highest BCUT2D eigenvalue weighted by Gasteiger charge is 2.41. The van der Waals surface area contributed by atoms with Crippen LogP contribution in [-0.4, -0.2) is 83.6 Å². The summed E-state index contributed by atoms with van der Waals surface area (Å²) in [4.78, 5) is 33.5. The Morgan fingerprint density at radius 3 is 2.69 bits per heavy atom. The second kappa shape index (κ2) is 10.1. The van der Waals surface area contributed by atoms with Gasteiger partial charge in [-0.1, -0.05) is 0 Å². The summed E-state index contributed by atoms with van der Waals surface area (Å²) in [6, 6.07) is 3.15. The van der Waals surface area contributed by atoms with E-state index < -0.39 is 29.9 Å². The Morgan fingerprint density at radius 1 is 1.23 bits per heavy atom. The lowest BCUT2D eigenvalue weighted by atomic mass is 10.1. The van der Waals surface area contributed by atoms with Gasteiger partial charge >= 0.3 is 12.2 Å². The monoisotopic (exact) mass is 551 g/mol. The quantitative estimate of drug-likeness (QED) is 0.556. The van der Waals surface area contributed by atoms with Crippen molar-refractivity contribution in [3.05, 3.63) is 30.0 Å². The Morgan fingerprint density at radius 2 is 2.03 bits per heavy atom. The predicted octanol–water partition coefficient (Wildman–Crippen LogP) is 2.71. The van der Waals surface area contributed by atoms with Crippen molar-refractivity contribution in [1.29, 1.82) is 0 Å². The smallest absolute Gasteiger partial charge is 0.408 e. The van der Waals surface area contributed by atoms with E-state index in [1.807, 2.05) is 24.1 Å². The number of halogens is 3. The predicted molar refractivity (Wildman–Crippen MR) is 132 cm³/mol. The van der Waals surface area contributed by atoms with Crippen LogP contribution in [0, 0.1) is 0 Å². The largest absolute Gasteiger partial charge is 0.474 e. The van der Waals surface area contributed by atoms with E-state index >= 15 is 0 Å². The van der Waals surface area contributed by atoms with Crippen molar-refractivity contribution in [2.45, 2.75) is 57.3 Å². The number of carbonyl (C=O) groups is 2. The molecule has 2 aromatic heterocycles. The molecule has 2 N–H and O–H groups in total. The number of amides is 3. The lowest BCUT2D eigenvalue weighted by Crippen LogP contribution is -2.49. The molecule has 2 saturated heterocycles. The topological polar surface area (TPSA) is 131 Å². The molecule has 39 heavy (non-hydrogen) atoms. The van der Waals surface area contributed by atoms with Crippen molar-refractivity contribution >= 4 is 29.3 Å². The van der Waals surface area contributed by atoms with Crippen LogP contribution in [0.5, 0.6) is 5.88 Å². The molecule has 15 heteroatoms. The number of hydrogen-bond acceptors (Lipinski definition) is 9. The molecule has 12 nitrogen and oxygen atoms in total. The van der Waals surface area contributed by atoms with Crippen molar-refractivity contribution < 1.29 is 37.0 Å². The molecular weight excluding hydrogens is 523 g/mol. The molecule has 5 rings (SSSR count). The summed E-state index contributed by atoms with van der Waals surface area (Å²) in [5, 5.41) is 12.6. The fourth-order valence-corrected chi connectivity index (χ4v) is 4.61. The first kappa shape index (κ1) is 26.9. The van der Waals surface area contributed by atoms with E-state index in [1.165, 1.54) is 17.0 Å². The standard InChI is InChI=1S/C24H28F3N7O5/c1-13(24(25,26)27)28-21(35)16-4-5-17-20(29-16)34(14-8-9-33(17)10-14)22(36)30-18-6-7-19(32-31-18)37-11-15-12-38-23(2,3)39-15/h4-7,13-15H,8-12H2,1-3H3,(H,28,35)(H,30,31,36)/t13-,14?,15-/m1/s1. The van der Waals surface area contributed by atoms with E-state index in [-0.39, 0.29) is 42.0 Å². The summed E-state index contributed by atoms with van der Waals surface area (Å²) in [5.41, 5.74) is 0.377. The summed E-state index contributed by atoms with van der Waals surface area (Å²) in [7, 11) is 0. The van der Waals surface area contributed by atoms with Crippen LogP contribution in [0.2, 0.25) is 0 Å². The molecule has 0 aliphatic carbocycles. The van der Waals surface area contributed by atoms with Crippen molar-refractivity contribution in [3.63, 3.8) is 0 Å². The van der Waals surface area contributed by atoms with Crippen LogP contribution < -0.4 is 25.2 Å². The number of rotatable bonds is 6. The van der Waals surface area contributed by atoms with Gasteiger partial charge in [-0.25, -0.2) is 9.78 Å². The first-order valence-electron chi connectivity index (χ1n) is 12.4. The second-order valence-corrected chi connectivity index (χ2v) is 9.98. The zero-order valence-corrected chi connectivity index (χ0v) is 21.5. The zero-order chi connectivity index (χ0) is 27.9. The molecule has 5 heterocycles. The van der Waals surface area contributed by atoms with Crippen LogP contribution in [0.4, 0.5) is 35.3 Å². The van der Waals surface area contributed by atoms with Gasteiger partial charge in [0.25, 0.3) is 5.91 Å². The van der Waals surface area contributed by atoms with Gasteiger partial charge in [0.15, 0.2) is 17.4 Å². The third kappa shape index (κ3) is 5.83. The Kier molecular flexibility index (Phi) is 6.97. The molecule has 2 aromatic rings. The number of anilines is 3. The minimum absolute atomic E-state index is 0.156. The summed E-state index contributed by atoms with van der Waals surface area (Å²) < 4.78 is 55.5. The van der Waals surface area contributed by atoms with Gasteiger partial charge in [0, 0.05) is 19.2 Å². The fourth-order valence-electron chi connectivity index (χ4n) is 4.61. The van der Waals surface area contributed by atoms with Gasteiger partial charge in [-0.05, 0) is 45.4 Å². The van der Waals surface area contributed by atoms with Gasteiger partial charge in [0.05, 0.1) is 18.3 Å². The second-order valence-electron chi connectivity index (χ2n) is 9.98. The third-order valence-electron chi connectivity index (χ3n) is 6.60. The first-order valence-corrected chi connectivity index (χ1v) is 12.4. The van der Waals surface area contributed by atoms with Crippen LogP contribution in [0.25, 0.3) is 0 Å². The average molecular weight is 552 g/mol. The maximum Gasteiger partial charge on any atom is 0.408 e. The SMILES string of the molecule is C[C@@H](NC(=O)c1ccc2c(n1)N(C(=O)Nc1ccc(OC[C@@H]3COC(C)(C)O3)nn1)C1CCN2C1)C(F)(F)F. The van der Waals surface area contributed by atoms with E-state index in [9.17, 15) is 22.8 Å². The van der Waals surface area contributed by atoms with Crippen molar-refractivity contribution in [3.8, 4) is 5.88 Å². The van der Waals surface area contributed by atoms with Crippen LogP contribution in [0.3, 0.4) is 0 Å². The summed E-state index contributed by atoms with van der Waals surface area (Å²) in [6.07, 6.45) is -4.20. The summed E-state index contributed by atoms with van der Waals surface area (Å²) in [6.45, 7) is 6.30. The Balaban J connectivity index is 1.27. The summed E-state index contributed by atoms with van der Waals surface area (Å²) in [5.74, 6) is -1.08. The zero-order valence-electron chi connectivity index (χ0n) is 21.5. The Labute approximate surface area is 221 Å². The van der Waals surface area contributed by atoms with Crippen LogP contribution in [0.15, 0.2) is 24.3 Å². The van der Waals surface area contributed by atoms with Crippen LogP contribution in [0.1, 0.15) is 37.7 Å². The molecule has 0 saturated carbocycles. The van der Waals surface area contributed by atoms with Crippen molar-refractivity contribution in [2.75, 3.05) is 41.4 Å². The molecular formula is C24H28F3N7O5. The molecule has 2 bridgehead atoms. The average Bonchev–Trinajstić information content (AvgIpc) is 3.45. The van der Waals surface area contributed by atoms with Gasteiger partial charge in [-0.15, -0.1) is 10.2 Å². The fraction of sp³-hybridized carbons (Fsp3) is 0.542. The number of nitrogens with one attached hydrogen (secondary N) is 2. The van der Waals surface area contributed by atoms with Crippen LogP contribution >= 0.6 is 0 Å². The number of ether oxygens (including phenoxy) is 3. The van der Waals surface area contributed by atoms with E-state index in [0.29, 0.717) is 31.8 Å². The maximum atomic E-state index is 13.3. The van der Waals surface area contributed by atoms with Gasteiger partial charge in [-0.2, -0.15) is 13.2 Å². The van der Waals surface area contributed by atoms with E-state index in [4.69, 9.17) is 14.2 Å².